The van der Waals surface area contributed by atoms with Crippen LogP contribution in [0.5, 0.6) is 0 Å². The Morgan fingerprint density at radius 2 is 0.517 bits per heavy atom. The monoisotopic (exact) mass is 398 g/mol. The first kappa shape index (κ1) is 27.4. The van der Waals surface area contributed by atoms with Gasteiger partial charge in [-0.25, -0.2) is 0 Å². The average molecular weight is 399 g/mol. The molecule has 1 heteroatoms. The Bertz CT molecular complexity index is 386. The van der Waals surface area contributed by atoms with Gasteiger partial charge < -0.3 is 4.48 Å². The van der Waals surface area contributed by atoms with Crippen LogP contribution < -0.4 is 0 Å². The van der Waals surface area contributed by atoms with Gasteiger partial charge in [-0.05, 0) is 25.7 Å². The Morgan fingerprint density at radius 1 is 0.345 bits per heavy atom. The van der Waals surface area contributed by atoms with Crippen molar-refractivity contribution in [1.82, 2.24) is 0 Å². The largest absolute Gasteiger partial charge is 0.324 e. The molecule has 2 aromatic carbocycles. The Morgan fingerprint density at radius 3 is 0.655 bits per heavy atom. The molecule has 0 unspecified atom stereocenters. The van der Waals surface area contributed by atoms with Crippen LogP contribution in [0.2, 0.25) is 0 Å². The predicted molar refractivity (Wildman–Crippen MR) is 132 cm³/mol. The predicted octanol–water partition coefficient (Wildman–Crippen LogP) is 8.38. The van der Waals surface area contributed by atoms with E-state index < -0.39 is 0 Å². The van der Waals surface area contributed by atoms with Gasteiger partial charge in [0.25, 0.3) is 0 Å². The Hall–Kier alpha value is -1.60. The van der Waals surface area contributed by atoms with Gasteiger partial charge in [0.1, 0.15) is 0 Å². The maximum Gasteiger partial charge on any atom is 0.0786 e. The van der Waals surface area contributed by atoms with Gasteiger partial charge in [-0.1, -0.05) is 126 Å². The van der Waals surface area contributed by atoms with Gasteiger partial charge in [0, 0.05) is 0 Å². The van der Waals surface area contributed by atoms with E-state index in [-0.39, 0.29) is 0 Å². The topological polar surface area (TPSA) is 0 Å². The highest BCUT2D eigenvalue weighted by Crippen LogP contribution is 2.16. The van der Waals surface area contributed by atoms with Crippen molar-refractivity contribution in [3.8, 4) is 0 Å². The first-order valence-electron chi connectivity index (χ1n) is 12.1. The molecule has 0 saturated carbocycles. The molecule has 2 rings (SSSR count). The fourth-order valence-corrected chi connectivity index (χ4v) is 3.41. The minimum Gasteiger partial charge on any atom is -0.324 e. The molecule has 2 aromatic rings. The molecule has 0 amide bonds. The molecule has 0 atom stereocenters. The van der Waals surface area contributed by atoms with Crippen molar-refractivity contribution in [3.63, 3.8) is 0 Å². The number of nitrogens with zero attached hydrogens (tertiary/aromatic N) is 1. The molecule has 0 saturated heterocycles. The summed E-state index contributed by atoms with van der Waals surface area (Å²) in [5.41, 5.74) is 0. The van der Waals surface area contributed by atoms with Gasteiger partial charge in [-0.3, -0.25) is 0 Å². The van der Waals surface area contributed by atoms with Crippen molar-refractivity contribution in [3.05, 3.63) is 72.8 Å². The van der Waals surface area contributed by atoms with E-state index in [2.05, 4.69) is 27.7 Å². The fraction of sp³-hybridized carbons (Fsp3) is 0.571. The highest BCUT2D eigenvalue weighted by atomic mass is 15.3. The van der Waals surface area contributed by atoms with E-state index in [0.29, 0.717) is 0 Å². The molecule has 0 radical (unpaired) electrons. The van der Waals surface area contributed by atoms with Crippen LogP contribution in [-0.2, 0) is 0 Å². The molecule has 29 heavy (non-hydrogen) atoms. The van der Waals surface area contributed by atoms with Crippen LogP contribution in [0.25, 0.3) is 0 Å². The highest BCUT2D eigenvalue weighted by molar-refractivity contribution is 4.99. The third kappa shape index (κ3) is 17.0. The van der Waals surface area contributed by atoms with Gasteiger partial charge >= 0.3 is 0 Å². The van der Waals surface area contributed by atoms with Gasteiger partial charge in [0.05, 0.1) is 26.2 Å². The fourth-order valence-electron chi connectivity index (χ4n) is 3.41. The smallest absolute Gasteiger partial charge is 0.0786 e. The van der Waals surface area contributed by atoms with Crippen molar-refractivity contribution in [2.45, 2.75) is 79.1 Å². The summed E-state index contributed by atoms with van der Waals surface area (Å²) in [6.45, 7) is 15.0. The van der Waals surface area contributed by atoms with Crippen LogP contribution in [0.3, 0.4) is 0 Å². The number of unbranched alkanes of at least 4 members (excludes halogenated alkanes) is 4. The number of benzene rings is 2. The maximum absolute atomic E-state index is 2.33. The average Bonchev–Trinajstić information content (AvgIpc) is 2.81. The molecule has 0 aliphatic carbocycles. The van der Waals surface area contributed by atoms with E-state index in [1.807, 2.05) is 72.8 Å². The minimum atomic E-state index is 1.35. The molecule has 0 heterocycles. The lowest BCUT2D eigenvalue weighted by Gasteiger charge is -2.39. The first-order valence-corrected chi connectivity index (χ1v) is 12.1. The van der Waals surface area contributed by atoms with E-state index in [0.717, 1.165) is 0 Å². The van der Waals surface area contributed by atoms with Crippen molar-refractivity contribution in [2.75, 3.05) is 26.2 Å². The van der Waals surface area contributed by atoms with Gasteiger partial charge in [0.15, 0.2) is 0 Å². The number of hydrogen-bond donors (Lipinski definition) is 0. The zero-order valence-electron chi connectivity index (χ0n) is 19.9. The highest BCUT2D eigenvalue weighted by Gasteiger charge is 2.24. The lowest BCUT2D eigenvalue weighted by Crippen LogP contribution is -2.50. The van der Waals surface area contributed by atoms with Crippen LogP contribution in [0, 0.1) is 0 Å². The minimum absolute atomic E-state index is 1.35. The van der Waals surface area contributed by atoms with Crippen LogP contribution in [0.1, 0.15) is 79.1 Å². The molecule has 0 fully saturated rings. The molecule has 164 valence electrons. The second-order valence-corrected chi connectivity index (χ2v) is 7.96. The Kier molecular flexibility index (Phi) is 20.0. The standard InChI is InChI=1S/C16H36N.2C6H6/c1-5-9-13-17(14-10-6-2,15-11-7-3)16-12-8-4;2*1-2-4-6-5-3-1/h5-16H2,1-4H3;2*1-6H/q+1;;. The van der Waals surface area contributed by atoms with Gasteiger partial charge in [0.2, 0.25) is 0 Å². The summed E-state index contributed by atoms with van der Waals surface area (Å²) in [7, 11) is 0. The first-order chi connectivity index (χ1) is 14.2. The Balaban J connectivity index is 0.000000519. The summed E-state index contributed by atoms with van der Waals surface area (Å²) in [6, 6.07) is 24.0. The molecular weight excluding hydrogens is 350 g/mol. The molecule has 0 aliphatic rings. The summed E-state index contributed by atoms with van der Waals surface area (Å²) >= 11 is 0. The second-order valence-electron chi connectivity index (χ2n) is 7.96. The molecule has 0 aliphatic heterocycles. The summed E-state index contributed by atoms with van der Waals surface area (Å²) in [5.74, 6) is 0. The summed E-state index contributed by atoms with van der Waals surface area (Å²) in [4.78, 5) is 0. The quantitative estimate of drug-likeness (QED) is 0.315. The Labute approximate surface area is 182 Å². The molecule has 0 bridgehead atoms. The zero-order chi connectivity index (χ0) is 21.5. The number of rotatable bonds is 12. The number of hydrogen-bond acceptors (Lipinski definition) is 0. The molecule has 0 N–H and O–H groups in total. The van der Waals surface area contributed by atoms with Crippen LogP contribution in [-0.4, -0.2) is 30.7 Å². The van der Waals surface area contributed by atoms with Crippen molar-refractivity contribution >= 4 is 0 Å². The van der Waals surface area contributed by atoms with E-state index in [1.54, 1.807) is 0 Å². The van der Waals surface area contributed by atoms with Gasteiger partial charge in [-0.2, -0.15) is 0 Å². The SMILES string of the molecule is CCCC[N+](CCCC)(CCCC)CCCC.c1ccccc1.c1ccccc1. The third-order valence-electron chi connectivity index (χ3n) is 5.28. The lowest BCUT2D eigenvalue weighted by molar-refractivity contribution is -0.929. The molecule has 0 aromatic heterocycles. The van der Waals surface area contributed by atoms with E-state index in [4.69, 9.17) is 0 Å². The number of quaternary nitrogens is 1. The molecule has 1 nitrogen and oxygen atoms in total. The van der Waals surface area contributed by atoms with E-state index in [9.17, 15) is 0 Å². The van der Waals surface area contributed by atoms with E-state index in [1.165, 1.54) is 82.0 Å². The summed E-state index contributed by atoms with van der Waals surface area (Å²) in [6.07, 6.45) is 11.1. The summed E-state index contributed by atoms with van der Waals surface area (Å²) in [5, 5.41) is 0. The summed E-state index contributed by atoms with van der Waals surface area (Å²) < 4.78 is 1.42. The van der Waals surface area contributed by atoms with Crippen LogP contribution >= 0.6 is 0 Å². The molecular formula is C28H48N+. The molecule has 0 spiro atoms. The van der Waals surface area contributed by atoms with E-state index >= 15 is 0 Å². The second kappa shape index (κ2) is 21.1. The zero-order valence-corrected chi connectivity index (χ0v) is 19.9. The van der Waals surface area contributed by atoms with Crippen LogP contribution in [0.4, 0.5) is 0 Å². The lowest BCUT2D eigenvalue weighted by atomic mass is 10.1. The normalized spacial score (nSPS) is 10.3. The van der Waals surface area contributed by atoms with Crippen molar-refractivity contribution in [2.24, 2.45) is 0 Å². The third-order valence-corrected chi connectivity index (χ3v) is 5.28. The van der Waals surface area contributed by atoms with Gasteiger partial charge in [-0.15, -0.1) is 0 Å². The maximum atomic E-state index is 2.33. The van der Waals surface area contributed by atoms with Crippen molar-refractivity contribution in [1.29, 1.82) is 0 Å². The van der Waals surface area contributed by atoms with Crippen molar-refractivity contribution < 1.29 is 4.48 Å². The van der Waals surface area contributed by atoms with Crippen LogP contribution in [0.15, 0.2) is 72.8 Å².